The Balaban J connectivity index is 2.93. The van der Waals surface area contributed by atoms with Crippen LogP contribution in [0.25, 0.3) is 0 Å². The second kappa shape index (κ2) is 8.33. The maximum absolute atomic E-state index is 12.5. The fraction of sp³-hybridized carbons (Fsp3) is 0.462. The summed E-state index contributed by atoms with van der Waals surface area (Å²) in [5.74, 6) is -0.469. The fourth-order valence-corrected chi connectivity index (χ4v) is 3.17. The maximum Gasteiger partial charge on any atom is 0.306 e. The minimum Gasteiger partial charge on any atom is -0.469 e. The number of ether oxygens (including phenoxy) is 2. The molecule has 0 N–H and O–H groups in total. The Morgan fingerprint density at radius 1 is 1.19 bits per heavy atom. The van der Waals surface area contributed by atoms with Crippen molar-refractivity contribution in [2.24, 2.45) is 0 Å². The molecule has 0 bridgehead atoms. The first-order valence-corrected chi connectivity index (χ1v) is 8.05. The molecular weight excluding hydrogens is 318 g/mol. The van der Waals surface area contributed by atoms with Crippen molar-refractivity contribution in [2.75, 3.05) is 33.9 Å². The number of esters is 1. The van der Waals surface area contributed by atoms with Crippen LogP contribution in [0.5, 0.6) is 0 Å². The molecule has 0 saturated heterocycles. The first-order valence-electron chi connectivity index (χ1n) is 6.23. The molecule has 0 aliphatic heterocycles. The van der Waals surface area contributed by atoms with Gasteiger partial charge >= 0.3 is 5.97 Å². The summed E-state index contributed by atoms with van der Waals surface area (Å²) in [4.78, 5) is 11.3. The molecule has 0 unspecified atom stereocenters. The lowest BCUT2D eigenvalue weighted by Crippen LogP contribution is -2.35. The van der Waals surface area contributed by atoms with Crippen LogP contribution in [0.1, 0.15) is 6.42 Å². The van der Waals surface area contributed by atoms with E-state index in [-0.39, 0.29) is 31.0 Å². The lowest BCUT2D eigenvalue weighted by molar-refractivity contribution is -0.140. The molecule has 8 heteroatoms. The van der Waals surface area contributed by atoms with Crippen molar-refractivity contribution >= 4 is 27.6 Å². The normalized spacial score (nSPS) is 11.6. The molecule has 1 rings (SSSR count). The Labute approximate surface area is 129 Å². The van der Waals surface area contributed by atoms with Crippen LogP contribution in [-0.2, 0) is 24.3 Å². The van der Waals surface area contributed by atoms with E-state index in [2.05, 4.69) is 4.74 Å². The van der Waals surface area contributed by atoms with Crippen LogP contribution < -0.4 is 0 Å². The van der Waals surface area contributed by atoms with Gasteiger partial charge in [0.1, 0.15) is 0 Å². The van der Waals surface area contributed by atoms with E-state index in [1.54, 1.807) is 0 Å². The van der Waals surface area contributed by atoms with Gasteiger partial charge in [-0.3, -0.25) is 4.79 Å². The van der Waals surface area contributed by atoms with Gasteiger partial charge in [-0.2, -0.15) is 4.31 Å². The number of carbonyl (C=O) groups is 1. The minimum atomic E-state index is -3.71. The van der Waals surface area contributed by atoms with Crippen LogP contribution in [0.4, 0.5) is 0 Å². The summed E-state index contributed by atoms with van der Waals surface area (Å²) in [5, 5.41) is 0.451. The van der Waals surface area contributed by atoms with Crippen LogP contribution in [-0.4, -0.2) is 52.6 Å². The number of sulfonamides is 1. The molecule has 1 aromatic rings. The molecule has 21 heavy (non-hydrogen) atoms. The second-order valence-corrected chi connectivity index (χ2v) is 6.55. The largest absolute Gasteiger partial charge is 0.469 e. The van der Waals surface area contributed by atoms with Gasteiger partial charge in [-0.25, -0.2) is 8.42 Å². The predicted octanol–water partition coefficient (Wildman–Crippen LogP) is 1.54. The van der Waals surface area contributed by atoms with Gasteiger partial charge in [0, 0.05) is 25.2 Å². The Kier molecular flexibility index (Phi) is 7.10. The molecule has 6 nitrogen and oxygen atoms in total. The van der Waals surface area contributed by atoms with Gasteiger partial charge in [-0.15, -0.1) is 0 Å². The lowest BCUT2D eigenvalue weighted by Gasteiger charge is -2.21. The van der Waals surface area contributed by atoms with E-state index in [9.17, 15) is 13.2 Å². The molecule has 0 aliphatic carbocycles. The van der Waals surface area contributed by atoms with E-state index in [0.717, 1.165) is 0 Å². The topological polar surface area (TPSA) is 72.9 Å². The number of hydrogen-bond donors (Lipinski definition) is 0. The lowest BCUT2D eigenvalue weighted by atomic mass is 10.4. The quantitative estimate of drug-likeness (QED) is 0.674. The van der Waals surface area contributed by atoms with E-state index in [1.807, 2.05) is 0 Å². The molecule has 0 saturated carbocycles. The highest BCUT2D eigenvalue weighted by molar-refractivity contribution is 7.89. The number of methoxy groups -OCH3 is 2. The van der Waals surface area contributed by atoms with Gasteiger partial charge in [-0.05, 0) is 24.3 Å². The van der Waals surface area contributed by atoms with Crippen molar-refractivity contribution in [1.29, 1.82) is 0 Å². The number of carbonyl (C=O) groups excluding carboxylic acids is 1. The molecule has 1 aromatic carbocycles. The maximum atomic E-state index is 12.5. The van der Waals surface area contributed by atoms with Gasteiger partial charge in [-0.1, -0.05) is 11.6 Å². The number of hydrogen-bond acceptors (Lipinski definition) is 5. The first kappa shape index (κ1) is 17.9. The third-order valence-electron chi connectivity index (χ3n) is 2.79. The Bertz CT molecular complexity index is 558. The van der Waals surface area contributed by atoms with Gasteiger partial charge in [0.05, 0.1) is 25.0 Å². The number of halogens is 1. The zero-order chi connectivity index (χ0) is 15.9. The van der Waals surface area contributed by atoms with Crippen LogP contribution in [0.2, 0.25) is 5.02 Å². The molecule has 0 atom stereocenters. The highest BCUT2D eigenvalue weighted by Gasteiger charge is 2.24. The molecule has 0 aliphatic rings. The molecular formula is C13H18ClNO5S. The SMILES string of the molecule is COCCN(CCC(=O)OC)S(=O)(=O)c1ccc(Cl)cc1. The summed E-state index contributed by atoms with van der Waals surface area (Å²) in [5.41, 5.74) is 0. The molecule has 0 spiro atoms. The Morgan fingerprint density at radius 3 is 2.33 bits per heavy atom. The van der Waals surface area contributed by atoms with Gasteiger partial charge < -0.3 is 9.47 Å². The highest BCUT2D eigenvalue weighted by atomic mass is 35.5. The van der Waals surface area contributed by atoms with Crippen molar-refractivity contribution in [2.45, 2.75) is 11.3 Å². The molecule has 0 heterocycles. The van der Waals surface area contributed by atoms with Crippen molar-refractivity contribution in [1.82, 2.24) is 4.31 Å². The Hall–Kier alpha value is -1.15. The smallest absolute Gasteiger partial charge is 0.306 e. The number of rotatable bonds is 8. The van der Waals surface area contributed by atoms with E-state index in [1.165, 1.54) is 42.8 Å². The summed E-state index contributed by atoms with van der Waals surface area (Å²) in [6, 6.07) is 5.86. The predicted molar refractivity (Wildman–Crippen MR) is 78.7 cm³/mol. The molecule has 0 aromatic heterocycles. The summed E-state index contributed by atoms with van der Waals surface area (Å²) in [7, 11) is -0.968. The third-order valence-corrected chi connectivity index (χ3v) is 4.95. The van der Waals surface area contributed by atoms with Crippen molar-refractivity contribution in [3.05, 3.63) is 29.3 Å². The summed E-state index contributed by atoms with van der Waals surface area (Å²) in [6.07, 6.45) is -0.0208. The first-order chi connectivity index (χ1) is 9.91. The monoisotopic (exact) mass is 335 g/mol. The second-order valence-electron chi connectivity index (χ2n) is 4.18. The highest BCUT2D eigenvalue weighted by Crippen LogP contribution is 2.18. The van der Waals surface area contributed by atoms with Crippen LogP contribution >= 0.6 is 11.6 Å². The summed E-state index contributed by atoms with van der Waals surface area (Å²) < 4.78 is 35.7. The van der Waals surface area contributed by atoms with Gasteiger partial charge in [0.15, 0.2) is 0 Å². The van der Waals surface area contributed by atoms with Crippen LogP contribution in [0.3, 0.4) is 0 Å². The van der Waals surface area contributed by atoms with Crippen molar-refractivity contribution in [3.8, 4) is 0 Å². The zero-order valence-electron chi connectivity index (χ0n) is 11.9. The summed E-state index contributed by atoms with van der Waals surface area (Å²) in [6.45, 7) is 0.410. The average Bonchev–Trinajstić information content (AvgIpc) is 2.47. The summed E-state index contributed by atoms with van der Waals surface area (Å²) >= 11 is 5.76. The standard InChI is InChI=1S/C13H18ClNO5S/c1-19-10-9-15(8-7-13(16)20-2)21(17,18)12-5-3-11(14)4-6-12/h3-6H,7-10H2,1-2H3. The van der Waals surface area contributed by atoms with Gasteiger partial charge in [0.25, 0.3) is 0 Å². The number of nitrogens with zero attached hydrogens (tertiary/aromatic N) is 1. The zero-order valence-corrected chi connectivity index (χ0v) is 13.5. The van der Waals surface area contributed by atoms with Crippen LogP contribution in [0.15, 0.2) is 29.2 Å². The molecule has 0 radical (unpaired) electrons. The minimum absolute atomic E-state index is 0.0208. The van der Waals surface area contributed by atoms with E-state index >= 15 is 0 Å². The Morgan fingerprint density at radius 2 is 1.81 bits per heavy atom. The van der Waals surface area contributed by atoms with Crippen molar-refractivity contribution < 1.29 is 22.7 Å². The van der Waals surface area contributed by atoms with E-state index in [4.69, 9.17) is 16.3 Å². The van der Waals surface area contributed by atoms with Crippen LogP contribution in [0, 0.1) is 0 Å². The van der Waals surface area contributed by atoms with Gasteiger partial charge in [0.2, 0.25) is 10.0 Å². The fourth-order valence-electron chi connectivity index (χ4n) is 1.62. The third kappa shape index (κ3) is 5.28. The van der Waals surface area contributed by atoms with Crippen molar-refractivity contribution in [3.63, 3.8) is 0 Å². The molecule has 0 amide bonds. The van der Waals surface area contributed by atoms with E-state index in [0.29, 0.717) is 5.02 Å². The molecule has 0 fully saturated rings. The molecule has 118 valence electrons. The van der Waals surface area contributed by atoms with E-state index < -0.39 is 16.0 Å². The number of benzene rings is 1. The average molecular weight is 336 g/mol.